The van der Waals surface area contributed by atoms with Crippen LogP contribution in [0.1, 0.15) is 48.0 Å². The summed E-state index contributed by atoms with van der Waals surface area (Å²) in [6, 6.07) is 9.20. The number of rotatable bonds is 7. The van der Waals surface area contributed by atoms with Crippen molar-refractivity contribution in [1.29, 1.82) is 0 Å². The molecule has 0 fully saturated rings. The third kappa shape index (κ3) is 5.33. The van der Waals surface area contributed by atoms with Gasteiger partial charge in [-0.2, -0.15) is 0 Å². The Hall–Kier alpha value is -2.82. The number of amides is 1. The van der Waals surface area contributed by atoms with E-state index in [9.17, 15) is 4.79 Å². The molecular weight excluding hydrogens is 338 g/mol. The number of hydrogen-bond donors (Lipinski definition) is 2. The molecule has 1 aliphatic rings. The van der Waals surface area contributed by atoms with Gasteiger partial charge in [0, 0.05) is 18.3 Å². The van der Waals surface area contributed by atoms with Crippen LogP contribution in [0.15, 0.2) is 48.2 Å². The highest BCUT2D eigenvalue weighted by Gasteiger charge is 2.11. The number of aryl methyl sites for hydroxylation is 1. The molecule has 2 N–H and O–H groups in total. The number of nitrogens with zero attached hydrogens (tertiary/aromatic N) is 1. The molecule has 27 heavy (non-hydrogen) atoms. The van der Waals surface area contributed by atoms with Crippen LogP contribution in [0.25, 0.3) is 0 Å². The lowest BCUT2D eigenvalue weighted by Crippen LogP contribution is -2.14. The molecule has 1 aromatic heterocycles. The summed E-state index contributed by atoms with van der Waals surface area (Å²) < 4.78 is 5.33. The van der Waals surface area contributed by atoms with Crippen LogP contribution in [0.5, 0.6) is 5.75 Å². The molecule has 1 heterocycles. The molecular formula is C22H27N3O2. The monoisotopic (exact) mass is 365 g/mol. The van der Waals surface area contributed by atoms with Crippen LogP contribution in [0.4, 0.5) is 11.5 Å². The van der Waals surface area contributed by atoms with E-state index >= 15 is 0 Å². The Kier molecular flexibility index (Phi) is 6.47. The Morgan fingerprint density at radius 2 is 2.11 bits per heavy atom. The fraction of sp³-hybridized carbons (Fsp3) is 0.364. The Labute approximate surface area is 160 Å². The van der Waals surface area contributed by atoms with Gasteiger partial charge < -0.3 is 15.4 Å². The standard InChI is InChI=1S/C22H27N3O2/c1-16-8-9-20(27-2)19(14-16)25-22(26)18-11-13-24-21(15-18)23-12-10-17-6-4-3-5-7-17/h6,8-9,11,13-15H,3-5,7,10,12H2,1-2H3,(H,23,24)(H,25,26). The minimum atomic E-state index is -0.181. The quantitative estimate of drug-likeness (QED) is 0.681. The van der Waals surface area contributed by atoms with Crippen molar-refractivity contribution in [3.63, 3.8) is 0 Å². The molecule has 0 saturated heterocycles. The molecule has 0 bridgehead atoms. The fourth-order valence-electron chi connectivity index (χ4n) is 3.27. The number of methoxy groups -OCH3 is 1. The molecule has 0 saturated carbocycles. The average molecular weight is 365 g/mol. The minimum absolute atomic E-state index is 0.181. The first-order valence-electron chi connectivity index (χ1n) is 9.49. The second kappa shape index (κ2) is 9.21. The zero-order valence-corrected chi connectivity index (χ0v) is 16.0. The van der Waals surface area contributed by atoms with Gasteiger partial charge in [-0.3, -0.25) is 4.79 Å². The summed E-state index contributed by atoms with van der Waals surface area (Å²) in [5, 5.41) is 6.25. The van der Waals surface area contributed by atoms with Crippen molar-refractivity contribution in [2.45, 2.75) is 39.0 Å². The van der Waals surface area contributed by atoms with E-state index in [1.165, 1.54) is 31.3 Å². The van der Waals surface area contributed by atoms with Gasteiger partial charge >= 0.3 is 0 Å². The van der Waals surface area contributed by atoms with Crippen molar-refractivity contribution in [2.24, 2.45) is 0 Å². The Morgan fingerprint density at radius 1 is 1.22 bits per heavy atom. The molecule has 0 aliphatic heterocycles. The zero-order valence-electron chi connectivity index (χ0n) is 16.0. The topological polar surface area (TPSA) is 63.2 Å². The summed E-state index contributed by atoms with van der Waals surface area (Å²) in [5.74, 6) is 1.18. The number of anilines is 2. The van der Waals surface area contributed by atoms with Gasteiger partial charge in [0.1, 0.15) is 11.6 Å². The van der Waals surface area contributed by atoms with Crippen LogP contribution in [-0.4, -0.2) is 24.5 Å². The molecule has 0 spiro atoms. The Balaban J connectivity index is 1.61. The lowest BCUT2D eigenvalue weighted by atomic mass is 9.97. The summed E-state index contributed by atoms with van der Waals surface area (Å²) in [6.45, 7) is 2.81. The highest BCUT2D eigenvalue weighted by molar-refractivity contribution is 6.05. The van der Waals surface area contributed by atoms with Gasteiger partial charge in [0.2, 0.25) is 0 Å². The average Bonchev–Trinajstić information content (AvgIpc) is 2.69. The van der Waals surface area contributed by atoms with Crippen LogP contribution in [-0.2, 0) is 0 Å². The van der Waals surface area contributed by atoms with E-state index in [1.54, 1.807) is 25.4 Å². The number of pyridine rings is 1. The van der Waals surface area contributed by atoms with Crippen LogP contribution in [0.3, 0.4) is 0 Å². The third-order valence-corrected chi connectivity index (χ3v) is 4.76. The van der Waals surface area contributed by atoms with Crippen molar-refractivity contribution in [3.05, 3.63) is 59.3 Å². The predicted molar refractivity (Wildman–Crippen MR) is 110 cm³/mol. The number of carbonyl (C=O) groups excluding carboxylic acids is 1. The van der Waals surface area contributed by atoms with E-state index in [0.717, 1.165) is 24.3 Å². The number of carbonyl (C=O) groups is 1. The van der Waals surface area contributed by atoms with Crippen LogP contribution < -0.4 is 15.4 Å². The first-order valence-corrected chi connectivity index (χ1v) is 9.49. The van der Waals surface area contributed by atoms with Gasteiger partial charge in [-0.15, -0.1) is 0 Å². The van der Waals surface area contributed by atoms with Gasteiger partial charge in [0.15, 0.2) is 0 Å². The fourth-order valence-corrected chi connectivity index (χ4v) is 3.27. The van der Waals surface area contributed by atoms with Gasteiger partial charge in [-0.1, -0.05) is 17.7 Å². The minimum Gasteiger partial charge on any atom is -0.495 e. The zero-order chi connectivity index (χ0) is 19.1. The second-order valence-electron chi connectivity index (χ2n) is 6.87. The lowest BCUT2D eigenvalue weighted by molar-refractivity contribution is 0.102. The maximum atomic E-state index is 12.6. The maximum absolute atomic E-state index is 12.6. The lowest BCUT2D eigenvalue weighted by Gasteiger charge is -2.14. The molecule has 0 atom stereocenters. The Morgan fingerprint density at radius 3 is 2.89 bits per heavy atom. The predicted octanol–water partition coefficient (Wildman–Crippen LogP) is 4.95. The van der Waals surface area contributed by atoms with E-state index in [2.05, 4.69) is 21.7 Å². The van der Waals surface area contributed by atoms with E-state index in [-0.39, 0.29) is 5.91 Å². The molecule has 1 amide bonds. The van der Waals surface area contributed by atoms with E-state index in [4.69, 9.17) is 4.74 Å². The van der Waals surface area contributed by atoms with E-state index < -0.39 is 0 Å². The molecule has 142 valence electrons. The van der Waals surface area contributed by atoms with Crippen molar-refractivity contribution in [1.82, 2.24) is 4.98 Å². The normalized spacial score (nSPS) is 13.6. The summed E-state index contributed by atoms with van der Waals surface area (Å²) in [7, 11) is 1.59. The van der Waals surface area contributed by atoms with Crippen molar-refractivity contribution < 1.29 is 9.53 Å². The molecule has 2 aromatic rings. The number of aromatic nitrogens is 1. The maximum Gasteiger partial charge on any atom is 0.255 e. The number of ether oxygens (including phenoxy) is 1. The van der Waals surface area contributed by atoms with Crippen LogP contribution >= 0.6 is 0 Å². The SMILES string of the molecule is COc1ccc(C)cc1NC(=O)c1ccnc(NCCC2=CCCCC2)c1. The van der Waals surface area contributed by atoms with Gasteiger partial charge in [0.25, 0.3) is 5.91 Å². The molecule has 1 aromatic carbocycles. The third-order valence-electron chi connectivity index (χ3n) is 4.76. The Bertz CT molecular complexity index is 830. The van der Waals surface area contributed by atoms with Gasteiger partial charge in [-0.05, 0) is 68.9 Å². The summed E-state index contributed by atoms with van der Waals surface area (Å²) in [5.41, 5.74) is 3.81. The highest BCUT2D eigenvalue weighted by atomic mass is 16.5. The number of allylic oxidation sites excluding steroid dienone is 1. The van der Waals surface area contributed by atoms with E-state index in [0.29, 0.717) is 17.0 Å². The molecule has 0 radical (unpaired) electrons. The summed E-state index contributed by atoms with van der Waals surface area (Å²) >= 11 is 0. The number of benzene rings is 1. The van der Waals surface area contributed by atoms with Crippen LogP contribution in [0.2, 0.25) is 0 Å². The molecule has 0 unspecified atom stereocenters. The second-order valence-corrected chi connectivity index (χ2v) is 6.87. The molecule has 5 heteroatoms. The van der Waals surface area contributed by atoms with Gasteiger partial charge in [-0.25, -0.2) is 4.98 Å². The molecule has 3 rings (SSSR count). The first-order chi connectivity index (χ1) is 13.2. The highest BCUT2D eigenvalue weighted by Crippen LogP contribution is 2.26. The number of nitrogens with one attached hydrogen (secondary N) is 2. The van der Waals surface area contributed by atoms with Crippen LogP contribution in [0, 0.1) is 6.92 Å². The van der Waals surface area contributed by atoms with Crippen molar-refractivity contribution in [3.8, 4) is 5.75 Å². The van der Waals surface area contributed by atoms with E-state index in [1.807, 2.05) is 25.1 Å². The van der Waals surface area contributed by atoms with Crippen molar-refractivity contribution >= 4 is 17.4 Å². The first kappa shape index (κ1) is 19.0. The molecule has 5 nitrogen and oxygen atoms in total. The smallest absolute Gasteiger partial charge is 0.255 e. The molecule has 1 aliphatic carbocycles. The van der Waals surface area contributed by atoms with Gasteiger partial charge in [0.05, 0.1) is 12.8 Å². The van der Waals surface area contributed by atoms with Crippen molar-refractivity contribution in [2.75, 3.05) is 24.3 Å². The number of hydrogen-bond acceptors (Lipinski definition) is 4. The summed E-state index contributed by atoms with van der Waals surface area (Å²) in [4.78, 5) is 17.0. The summed E-state index contributed by atoms with van der Waals surface area (Å²) in [6.07, 6.45) is 10.0. The largest absolute Gasteiger partial charge is 0.495 e.